The second-order valence-electron chi connectivity index (χ2n) is 6.12. The molecular weight excluding hydrogens is 408 g/mol. The topological polar surface area (TPSA) is 140 Å². The van der Waals surface area contributed by atoms with E-state index in [0.717, 1.165) is 5.75 Å². The Morgan fingerprint density at radius 3 is 2.82 bits per heavy atom. The van der Waals surface area contributed by atoms with Gasteiger partial charge in [-0.1, -0.05) is 6.92 Å². The number of rotatable bonds is 8. The number of aliphatic carboxylic acids is 1. The van der Waals surface area contributed by atoms with Crippen molar-refractivity contribution < 1.29 is 24.2 Å². The highest BCUT2D eigenvalue weighted by Gasteiger charge is 2.66. The highest BCUT2D eigenvalue weighted by atomic mass is 32.2. The van der Waals surface area contributed by atoms with E-state index in [1.807, 2.05) is 6.92 Å². The number of ether oxygens (including phenoxy) is 1. The zero-order valence-corrected chi connectivity index (χ0v) is 17.2. The lowest BCUT2D eigenvalue weighted by molar-refractivity contribution is -0.192. The molecule has 0 saturated carbocycles. The molecule has 1 unspecified atom stereocenters. The summed E-state index contributed by atoms with van der Waals surface area (Å²) in [6.45, 7) is 1.98. The molecule has 0 aromatic carbocycles. The van der Waals surface area contributed by atoms with Crippen molar-refractivity contribution in [3.05, 3.63) is 17.1 Å². The van der Waals surface area contributed by atoms with Gasteiger partial charge in [-0.05, 0) is 21.8 Å². The molecule has 3 heterocycles. The van der Waals surface area contributed by atoms with E-state index < -0.39 is 28.9 Å². The van der Waals surface area contributed by atoms with Crippen LogP contribution in [0.1, 0.15) is 12.7 Å². The number of aryl methyl sites for hydroxylation is 1. The molecule has 3 rings (SSSR count). The van der Waals surface area contributed by atoms with Gasteiger partial charge in [0.25, 0.3) is 11.6 Å². The molecule has 2 aliphatic heterocycles. The van der Waals surface area contributed by atoms with Gasteiger partial charge in [0.1, 0.15) is 11.1 Å². The van der Waals surface area contributed by atoms with E-state index >= 15 is 0 Å². The van der Waals surface area contributed by atoms with Gasteiger partial charge in [0.15, 0.2) is 5.82 Å². The Balaban J connectivity index is 1.81. The Morgan fingerprint density at radius 1 is 1.50 bits per heavy atom. The molecule has 1 saturated heterocycles. The van der Waals surface area contributed by atoms with Gasteiger partial charge in [-0.15, -0.1) is 16.9 Å². The van der Waals surface area contributed by atoms with Crippen LogP contribution in [0.4, 0.5) is 0 Å². The lowest BCUT2D eigenvalue weighted by atomic mass is 9.98. The SMILES string of the molecule is CCSCC1=C(C(=O)O)N2C(=O)C(NC(=O)Cc3nnnn3C)(OC)[C@@H]2SC1. The average Bonchev–Trinajstić information content (AvgIpc) is 3.07. The maximum Gasteiger partial charge on any atom is 0.352 e. The van der Waals surface area contributed by atoms with Crippen molar-refractivity contribution in [1.82, 2.24) is 30.4 Å². The van der Waals surface area contributed by atoms with Crippen LogP contribution in [0.15, 0.2) is 11.3 Å². The number of amides is 2. The second kappa shape index (κ2) is 8.09. The van der Waals surface area contributed by atoms with E-state index in [9.17, 15) is 19.5 Å². The molecule has 2 aliphatic rings. The normalized spacial score (nSPS) is 24.0. The number of carbonyl (C=O) groups is 3. The molecule has 1 fully saturated rings. The van der Waals surface area contributed by atoms with Crippen molar-refractivity contribution in [1.29, 1.82) is 0 Å². The molecule has 152 valence electrons. The third-order valence-corrected chi connectivity index (χ3v) is 6.80. The van der Waals surface area contributed by atoms with E-state index in [0.29, 0.717) is 22.9 Å². The van der Waals surface area contributed by atoms with Gasteiger partial charge in [-0.2, -0.15) is 11.8 Å². The van der Waals surface area contributed by atoms with Gasteiger partial charge in [-0.25, -0.2) is 9.48 Å². The number of β-lactam (4-membered cyclic amide) rings is 1. The van der Waals surface area contributed by atoms with Crippen molar-refractivity contribution in [2.24, 2.45) is 7.05 Å². The quantitative estimate of drug-likeness (QED) is 0.400. The summed E-state index contributed by atoms with van der Waals surface area (Å²) in [5, 5.41) is 22.5. The van der Waals surface area contributed by atoms with Gasteiger partial charge >= 0.3 is 5.97 Å². The summed E-state index contributed by atoms with van der Waals surface area (Å²) >= 11 is 2.96. The molecule has 11 nitrogen and oxygen atoms in total. The lowest BCUT2D eigenvalue weighted by Crippen LogP contribution is -2.80. The Bertz CT molecular complexity index is 843. The zero-order valence-electron chi connectivity index (χ0n) is 15.5. The summed E-state index contributed by atoms with van der Waals surface area (Å²) in [6.07, 6.45) is -0.140. The molecule has 0 bridgehead atoms. The van der Waals surface area contributed by atoms with Crippen LogP contribution in [-0.4, -0.2) is 83.5 Å². The van der Waals surface area contributed by atoms with Gasteiger partial charge in [0, 0.05) is 25.7 Å². The number of thioether (sulfide) groups is 2. The molecular formula is C15H20N6O5S2. The van der Waals surface area contributed by atoms with Crippen LogP contribution < -0.4 is 5.32 Å². The monoisotopic (exact) mass is 428 g/mol. The van der Waals surface area contributed by atoms with Crippen molar-refractivity contribution in [2.75, 3.05) is 24.4 Å². The second-order valence-corrected chi connectivity index (χ2v) is 8.46. The maximum atomic E-state index is 12.9. The van der Waals surface area contributed by atoms with Gasteiger partial charge in [0.05, 0.1) is 6.42 Å². The number of methoxy groups -OCH3 is 1. The summed E-state index contributed by atoms with van der Waals surface area (Å²) in [5.74, 6) is -0.118. The smallest absolute Gasteiger partial charge is 0.352 e. The highest BCUT2D eigenvalue weighted by molar-refractivity contribution is 8.01. The van der Waals surface area contributed by atoms with Crippen molar-refractivity contribution >= 4 is 41.3 Å². The van der Waals surface area contributed by atoms with Crippen LogP contribution in [0.5, 0.6) is 0 Å². The van der Waals surface area contributed by atoms with Crippen LogP contribution >= 0.6 is 23.5 Å². The molecule has 1 aromatic rings. The summed E-state index contributed by atoms with van der Waals surface area (Å²) in [4.78, 5) is 38.4. The van der Waals surface area contributed by atoms with Crippen molar-refractivity contribution in [2.45, 2.75) is 24.4 Å². The Morgan fingerprint density at radius 2 is 2.25 bits per heavy atom. The molecule has 2 amide bonds. The minimum absolute atomic E-state index is 0.0193. The van der Waals surface area contributed by atoms with Gasteiger partial charge in [0.2, 0.25) is 5.91 Å². The number of carboxylic acid groups (broad SMARTS) is 1. The number of carboxylic acids is 1. The van der Waals surface area contributed by atoms with Gasteiger partial charge < -0.3 is 15.2 Å². The largest absolute Gasteiger partial charge is 0.477 e. The number of aromatic nitrogens is 4. The summed E-state index contributed by atoms with van der Waals surface area (Å²) in [6, 6.07) is 0. The Kier molecular flexibility index (Phi) is 5.95. The average molecular weight is 428 g/mol. The standard InChI is InChI=1S/C15H20N6O5S2/c1-4-27-6-8-7-28-14-15(26-3,13(25)21(14)11(8)12(23)24)16-10(22)5-9-17-18-19-20(9)2/h14H,4-7H2,1-3H3,(H,16,22)(H,23,24)/t14-,15?/m0/s1. The van der Waals surface area contributed by atoms with Crippen LogP contribution in [0.3, 0.4) is 0 Å². The molecule has 0 radical (unpaired) electrons. The third-order valence-electron chi connectivity index (χ3n) is 4.47. The van der Waals surface area contributed by atoms with E-state index in [1.165, 1.54) is 28.5 Å². The third kappa shape index (κ3) is 3.37. The van der Waals surface area contributed by atoms with E-state index in [2.05, 4.69) is 20.8 Å². The predicted molar refractivity (Wildman–Crippen MR) is 101 cm³/mol. The fraction of sp³-hybridized carbons (Fsp3) is 0.600. The number of tetrazole rings is 1. The summed E-state index contributed by atoms with van der Waals surface area (Å²) < 4.78 is 6.75. The molecule has 0 spiro atoms. The molecule has 2 N–H and O–H groups in total. The first-order valence-corrected chi connectivity index (χ1v) is 10.6. The van der Waals surface area contributed by atoms with Crippen LogP contribution in [0, 0.1) is 0 Å². The minimum Gasteiger partial charge on any atom is -0.477 e. The molecule has 0 aliphatic carbocycles. The number of nitrogens with zero attached hydrogens (tertiary/aromatic N) is 5. The Hall–Kier alpha value is -2.12. The first-order valence-electron chi connectivity index (χ1n) is 8.41. The molecule has 28 heavy (non-hydrogen) atoms. The van der Waals surface area contributed by atoms with E-state index in [1.54, 1.807) is 18.8 Å². The number of hydrogen-bond donors (Lipinski definition) is 2. The van der Waals surface area contributed by atoms with Crippen LogP contribution in [-0.2, 0) is 32.6 Å². The highest BCUT2D eigenvalue weighted by Crippen LogP contribution is 2.47. The fourth-order valence-corrected chi connectivity index (χ4v) is 5.33. The summed E-state index contributed by atoms with van der Waals surface area (Å²) in [7, 11) is 2.91. The minimum atomic E-state index is -1.61. The van der Waals surface area contributed by atoms with E-state index in [4.69, 9.17) is 4.74 Å². The molecule has 1 aromatic heterocycles. The van der Waals surface area contributed by atoms with Crippen LogP contribution in [0.2, 0.25) is 0 Å². The zero-order chi connectivity index (χ0) is 20.5. The lowest BCUT2D eigenvalue weighted by Gasteiger charge is -2.55. The molecule has 13 heteroatoms. The number of fused-ring (bicyclic) bond motifs is 1. The fourth-order valence-electron chi connectivity index (χ4n) is 3.07. The van der Waals surface area contributed by atoms with Crippen LogP contribution in [0.25, 0.3) is 0 Å². The van der Waals surface area contributed by atoms with Crippen molar-refractivity contribution in [3.8, 4) is 0 Å². The van der Waals surface area contributed by atoms with Gasteiger partial charge in [-0.3, -0.25) is 14.5 Å². The van der Waals surface area contributed by atoms with Crippen molar-refractivity contribution in [3.63, 3.8) is 0 Å². The van der Waals surface area contributed by atoms with E-state index in [-0.39, 0.29) is 12.1 Å². The predicted octanol–water partition coefficient (Wildman–Crippen LogP) is -0.782. The number of carbonyl (C=O) groups excluding carboxylic acids is 2. The maximum absolute atomic E-state index is 12.9. The Labute approximate surface area is 169 Å². The number of hydrogen-bond acceptors (Lipinski definition) is 9. The number of nitrogens with one attached hydrogen (secondary N) is 1. The first-order chi connectivity index (χ1) is 13.4. The summed E-state index contributed by atoms with van der Waals surface area (Å²) in [5.41, 5.74) is -0.943. The first kappa shape index (κ1) is 20.6. The molecule has 2 atom stereocenters.